The van der Waals surface area contributed by atoms with Gasteiger partial charge in [-0.2, -0.15) is 0 Å². The number of rotatable bonds is 4. The number of fused-ring (bicyclic) bond motifs is 1. The van der Waals surface area contributed by atoms with Crippen molar-refractivity contribution in [2.24, 2.45) is 0 Å². The number of nitrogens with one attached hydrogen (secondary N) is 1. The molecule has 27 heavy (non-hydrogen) atoms. The molecule has 2 aromatic heterocycles. The summed E-state index contributed by atoms with van der Waals surface area (Å²) in [5.74, 6) is 1.44. The zero-order valence-corrected chi connectivity index (χ0v) is 15.5. The Hall–Kier alpha value is -3.22. The highest BCUT2D eigenvalue weighted by molar-refractivity contribution is 5.95. The van der Waals surface area contributed by atoms with Crippen LogP contribution in [0.5, 0.6) is 0 Å². The van der Waals surface area contributed by atoms with Crippen LogP contribution in [-0.4, -0.2) is 40.2 Å². The SMILES string of the molecule is Cc1ccnc([C@H]2C[C@@H]2c2cc(N(C)C)c3ccc(NC(=O)O)cc3n2)n1. The average molecular weight is 363 g/mol. The standard InChI is InChI=1S/C20H21N5O2/c1-11-6-7-21-19(22-11)15-9-14(15)17-10-18(25(2)3)13-5-4-12(23-20(26)27)8-16(13)24-17/h4-8,10,14-15,23H,9H2,1-3H3,(H,26,27)/t14-,15-/m0/s1. The number of hydrogen-bond donors (Lipinski definition) is 2. The third-order valence-corrected chi connectivity index (χ3v) is 4.86. The lowest BCUT2D eigenvalue weighted by molar-refractivity contribution is 0.210. The highest BCUT2D eigenvalue weighted by Gasteiger charge is 2.43. The molecule has 4 rings (SSSR count). The van der Waals surface area contributed by atoms with Crippen LogP contribution in [-0.2, 0) is 0 Å². The van der Waals surface area contributed by atoms with Crippen molar-refractivity contribution in [2.45, 2.75) is 25.2 Å². The maximum Gasteiger partial charge on any atom is 0.409 e. The van der Waals surface area contributed by atoms with Crippen molar-refractivity contribution < 1.29 is 9.90 Å². The van der Waals surface area contributed by atoms with Gasteiger partial charge in [-0.1, -0.05) is 0 Å². The summed E-state index contributed by atoms with van der Waals surface area (Å²) < 4.78 is 0. The van der Waals surface area contributed by atoms with Crippen LogP contribution >= 0.6 is 0 Å². The summed E-state index contributed by atoms with van der Waals surface area (Å²) in [7, 11) is 3.99. The van der Waals surface area contributed by atoms with Gasteiger partial charge in [0.05, 0.1) is 5.52 Å². The number of aromatic nitrogens is 3. The summed E-state index contributed by atoms with van der Waals surface area (Å²) in [6.45, 7) is 1.97. The van der Waals surface area contributed by atoms with Crippen molar-refractivity contribution in [1.82, 2.24) is 15.0 Å². The van der Waals surface area contributed by atoms with Crippen LogP contribution in [0, 0.1) is 6.92 Å². The fourth-order valence-electron chi connectivity index (χ4n) is 3.45. The van der Waals surface area contributed by atoms with Crippen molar-refractivity contribution >= 4 is 28.4 Å². The van der Waals surface area contributed by atoms with Crippen molar-refractivity contribution in [3.8, 4) is 0 Å². The lowest BCUT2D eigenvalue weighted by Crippen LogP contribution is -2.11. The van der Waals surface area contributed by atoms with E-state index in [4.69, 9.17) is 10.1 Å². The molecule has 0 bridgehead atoms. The van der Waals surface area contributed by atoms with Gasteiger partial charge in [0.2, 0.25) is 0 Å². The Labute approximate surface area is 157 Å². The predicted molar refractivity (Wildman–Crippen MR) is 105 cm³/mol. The van der Waals surface area contributed by atoms with E-state index in [1.54, 1.807) is 18.3 Å². The Morgan fingerprint density at radius 1 is 1.19 bits per heavy atom. The lowest BCUT2D eigenvalue weighted by Gasteiger charge is -2.17. The summed E-state index contributed by atoms with van der Waals surface area (Å²) >= 11 is 0. The fourth-order valence-corrected chi connectivity index (χ4v) is 3.45. The van der Waals surface area contributed by atoms with Gasteiger partial charge in [-0.3, -0.25) is 10.3 Å². The first kappa shape index (κ1) is 17.2. The van der Waals surface area contributed by atoms with Gasteiger partial charge in [0.25, 0.3) is 0 Å². The molecule has 0 saturated heterocycles. The highest BCUT2D eigenvalue weighted by atomic mass is 16.4. The molecule has 0 aliphatic heterocycles. The van der Waals surface area contributed by atoms with Gasteiger partial charge in [0.15, 0.2) is 0 Å². The molecule has 0 radical (unpaired) electrons. The topological polar surface area (TPSA) is 91.2 Å². The minimum absolute atomic E-state index is 0.283. The summed E-state index contributed by atoms with van der Waals surface area (Å²) in [5.41, 5.74) is 4.31. The maximum atomic E-state index is 10.9. The average Bonchev–Trinajstić information content (AvgIpc) is 3.40. The van der Waals surface area contributed by atoms with E-state index in [0.29, 0.717) is 5.69 Å². The molecule has 2 heterocycles. The first-order valence-electron chi connectivity index (χ1n) is 8.84. The largest absolute Gasteiger partial charge is 0.465 e. The molecule has 1 amide bonds. The molecule has 3 aromatic rings. The molecule has 138 valence electrons. The molecule has 1 fully saturated rings. The van der Waals surface area contributed by atoms with E-state index in [2.05, 4.69) is 26.3 Å². The van der Waals surface area contributed by atoms with Crippen molar-refractivity contribution in [3.63, 3.8) is 0 Å². The number of anilines is 2. The van der Waals surface area contributed by atoms with Crippen molar-refractivity contribution in [2.75, 3.05) is 24.3 Å². The third-order valence-electron chi connectivity index (χ3n) is 4.86. The molecule has 1 aromatic carbocycles. The Kier molecular flexibility index (Phi) is 4.14. The number of aryl methyl sites for hydroxylation is 1. The molecular formula is C20H21N5O2. The Morgan fingerprint density at radius 3 is 2.70 bits per heavy atom. The monoisotopic (exact) mass is 363 g/mol. The Bertz CT molecular complexity index is 1030. The van der Waals surface area contributed by atoms with Gasteiger partial charge in [-0.15, -0.1) is 0 Å². The zero-order chi connectivity index (χ0) is 19.1. The van der Waals surface area contributed by atoms with Crippen LogP contribution in [0.2, 0.25) is 0 Å². The molecular weight excluding hydrogens is 342 g/mol. The van der Waals surface area contributed by atoms with Gasteiger partial charge < -0.3 is 10.0 Å². The smallest absolute Gasteiger partial charge is 0.409 e. The van der Waals surface area contributed by atoms with E-state index in [1.165, 1.54) is 0 Å². The molecule has 0 unspecified atom stereocenters. The molecule has 1 aliphatic rings. The molecule has 0 spiro atoms. The van der Waals surface area contributed by atoms with E-state index in [1.807, 2.05) is 33.2 Å². The number of benzene rings is 1. The second kappa shape index (κ2) is 6.50. The summed E-state index contributed by atoms with van der Waals surface area (Å²) in [5, 5.41) is 12.3. The second-order valence-corrected chi connectivity index (χ2v) is 7.13. The van der Waals surface area contributed by atoms with Crippen molar-refractivity contribution in [1.29, 1.82) is 0 Å². The van der Waals surface area contributed by atoms with Crippen LogP contribution in [0.25, 0.3) is 10.9 Å². The number of amides is 1. The first-order chi connectivity index (χ1) is 12.9. The molecule has 7 heteroatoms. The van der Waals surface area contributed by atoms with Crippen LogP contribution < -0.4 is 10.2 Å². The lowest BCUT2D eigenvalue weighted by atomic mass is 10.1. The minimum Gasteiger partial charge on any atom is -0.465 e. The van der Waals surface area contributed by atoms with Gasteiger partial charge in [0, 0.05) is 60.3 Å². The number of carboxylic acid groups (broad SMARTS) is 1. The van der Waals surface area contributed by atoms with E-state index in [-0.39, 0.29) is 11.8 Å². The number of pyridine rings is 1. The molecule has 1 saturated carbocycles. The minimum atomic E-state index is -1.09. The first-order valence-corrected chi connectivity index (χ1v) is 8.84. The second-order valence-electron chi connectivity index (χ2n) is 7.13. The number of carbonyl (C=O) groups is 1. The number of hydrogen-bond acceptors (Lipinski definition) is 5. The van der Waals surface area contributed by atoms with E-state index in [9.17, 15) is 4.79 Å². The van der Waals surface area contributed by atoms with E-state index >= 15 is 0 Å². The molecule has 2 N–H and O–H groups in total. The van der Waals surface area contributed by atoms with Crippen molar-refractivity contribution in [3.05, 3.63) is 53.7 Å². The van der Waals surface area contributed by atoms with Gasteiger partial charge in [-0.05, 0) is 43.7 Å². The number of nitrogens with zero attached hydrogens (tertiary/aromatic N) is 4. The predicted octanol–water partition coefficient (Wildman–Crippen LogP) is 3.76. The Balaban J connectivity index is 1.73. The van der Waals surface area contributed by atoms with Gasteiger partial charge in [-0.25, -0.2) is 14.8 Å². The van der Waals surface area contributed by atoms with E-state index in [0.717, 1.165) is 40.2 Å². The van der Waals surface area contributed by atoms with Crippen LogP contribution in [0.15, 0.2) is 36.5 Å². The van der Waals surface area contributed by atoms with E-state index < -0.39 is 6.09 Å². The van der Waals surface area contributed by atoms with Crippen LogP contribution in [0.4, 0.5) is 16.2 Å². The molecule has 7 nitrogen and oxygen atoms in total. The van der Waals surface area contributed by atoms with Gasteiger partial charge in [0.1, 0.15) is 5.82 Å². The maximum absolute atomic E-state index is 10.9. The van der Waals surface area contributed by atoms with Crippen LogP contribution in [0.3, 0.4) is 0 Å². The van der Waals surface area contributed by atoms with Gasteiger partial charge >= 0.3 is 6.09 Å². The fraction of sp³-hybridized carbons (Fsp3) is 0.300. The normalized spacial score (nSPS) is 18.3. The third kappa shape index (κ3) is 3.40. The zero-order valence-electron chi connectivity index (χ0n) is 15.5. The highest BCUT2D eigenvalue weighted by Crippen LogP contribution is 2.53. The summed E-state index contributed by atoms with van der Waals surface area (Å²) in [4.78, 5) is 26.8. The molecule has 1 aliphatic carbocycles. The molecule has 2 atom stereocenters. The Morgan fingerprint density at radius 2 is 2.00 bits per heavy atom. The van der Waals surface area contributed by atoms with Crippen LogP contribution in [0.1, 0.15) is 35.5 Å². The quantitative estimate of drug-likeness (QED) is 0.733. The summed E-state index contributed by atoms with van der Waals surface area (Å²) in [6, 6.07) is 9.45. The summed E-state index contributed by atoms with van der Waals surface area (Å²) in [6.07, 6.45) is 1.69.